The quantitative estimate of drug-likeness (QED) is 0.934. The molecule has 2 heterocycles. The molecule has 0 bridgehead atoms. The van der Waals surface area contributed by atoms with Crippen LogP contribution in [0.2, 0.25) is 0 Å². The summed E-state index contributed by atoms with van der Waals surface area (Å²) in [7, 11) is 0. The highest BCUT2D eigenvalue weighted by Crippen LogP contribution is 2.25. The van der Waals surface area contributed by atoms with Gasteiger partial charge in [-0.2, -0.15) is 0 Å². The van der Waals surface area contributed by atoms with Gasteiger partial charge in [0.1, 0.15) is 0 Å². The van der Waals surface area contributed by atoms with Gasteiger partial charge in [-0.05, 0) is 57.5 Å². The molecule has 1 fully saturated rings. The first-order valence-corrected chi connectivity index (χ1v) is 7.61. The number of benzene rings is 1. The lowest BCUT2D eigenvalue weighted by atomic mass is 10.1. The first kappa shape index (κ1) is 13.4. The zero-order valence-electron chi connectivity index (χ0n) is 12.5. The molecule has 2 aromatic rings. The van der Waals surface area contributed by atoms with Crippen LogP contribution in [0.4, 0.5) is 5.95 Å². The molecule has 1 aromatic carbocycles. The van der Waals surface area contributed by atoms with E-state index in [4.69, 9.17) is 5.73 Å². The summed E-state index contributed by atoms with van der Waals surface area (Å²) < 4.78 is 2.19. The average Bonchev–Trinajstić information content (AvgIpc) is 2.75. The van der Waals surface area contributed by atoms with E-state index in [0.717, 1.165) is 17.6 Å². The Morgan fingerprint density at radius 1 is 1.25 bits per heavy atom. The predicted molar refractivity (Wildman–Crippen MR) is 83.9 cm³/mol. The molecule has 4 heteroatoms. The van der Waals surface area contributed by atoms with Crippen LogP contribution in [0, 0.1) is 6.92 Å². The predicted octanol–water partition coefficient (Wildman–Crippen LogP) is 2.97. The van der Waals surface area contributed by atoms with E-state index < -0.39 is 0 Å². The lowest BCUT2D eigenvalue weighted by molar-refractivity contribution is 0.204. The normalized spacial score (nSPS) is 18.5. The molecule has 1 saturated heterocycles. The minimum absolute atomic E-state index is 0.361. The number of hydrogen-bond donors (Lipinski definition) is 1. The maximum absolute atomic E-state index is 6.14. The van der Waals surface area contributed by atoms with Crippen LogP contribution in [0.1, 0.15) is 37.8 Å². The summed E-state index contributed by atoms with van der Waals surface area (Å²) in [5.74, 6) is 0.634. The van der Waals surface area contributed by atoms with E-state index in [9.17, 15) is 0 Å². The summed E-state index contributed by atoms with van der Waals surface area (Å²) in [6, 6.07) is 6.70. The molecule has 0 amide bonds. The number of nitrogen functional groups attached to an aromatic ring is 1. The maximum Gasteiger partial charge on any atom is 0.201 e. The summed E-state index contributed by atoms with van der Waals surface area (Å²) in [5, 5.41) is 0. The smallest absolute Gasteiger partial charge is 0.201 e. The first-order chi connectivity index (χ1) is 9.65. The van der Waals surface area contributed by atoms with Crippen molar-refractivity contribution in [3.63, 3.8) is 0 Å². The number of imidazole rings is 1. The molecular formula is C16H24N4. The summed E-state index contributed by atoms with van der Waals surface area (Å²) in [5.41, 5.74) is 9.55. The van der Waals surface area contributed by atoms with Gasteiger partial charge in [0, 0.05) is 12.6 Å². The second-order valence-electron chi connectivity index (χ2n) is 6.04. The van der Waals surface area contributed by atoms with Gasteiger partial charge in [0.25, 0.3) is 0 Å². The van der Waals surface area contributed by atoms with Crippen LogP contribution in [-0.2, 0) is 0 Å². The lowest BCUT2D eigenvalue weighted by Crippen LogP contribution is -2.34. The number of fused-ring (bicyclic) bond motifs is 1. The highest BCUT2D eigenvalue weighted by atomic mass is 15.2. The largest absolute Gasteiger partial charge is 0.369 e. The number of hydrogen-bond acceptors (Lipinski definition) is 3. The van der Waals surface area contributed by atoms with E-state index in [1.165, 1.54) is 37.9 Å². The Morgan fingerprint density at radius 2 is 2.00 bits per heavy atom. The number of nitrogens with zero attached hydrogens (tertiary/aromatic N) is 3. The van der Waals surface area contributed by atoms with Crippen LogP contribution >= 0.6 is 0 Å². The second-order valence-corrected chi connectivity index (χ2v) is 6.04. The SMILES string of the molecule is Cc1ccc2nc(N)n(C(C)CN3CCCCC3)c2c1. The van der Waals surface area contributed by atoms with Crippen molar-refractivity contribution in [1.82, 2.24) is 14.5 Å². The molecule has 4 nitrogen and oxygen atoms in total. The maximum atomic E-state index is 6.14. The van der Waals surface area contributed by atoms with Gasteiger partial charge in [-0.25, -0.2) is 4.98 Å². The third kappa shape index (κ3) is 2.52. The number of aryl methyl sites for hydroxylation is 1. The average molecular weight is 272 g/mol. The number of aromatic nitrogens is 2. The molecule has 3 rings (SSSR count). The van der Waals surface area contributed by atoms with Crippen molar-refractivity contribution >= 4 is 17.0 Å². The topological polar surface area (TPSA) is 47.1 Å². The van der Waals surface area contributed by atoms with Crippen molar-refractivity contribution in [3.05, 3.63) is 23.8 Å². The zero-order chi connectivity index (χ0) is 14.1. The molecular weight excluding hydrogens is 248 g/mol. The fourth-order valence-electron chi connectivity index (χ4n) is 3.28. The monoisotopic (exact) mass is 272 g/mol. The van der Waals surface area contributed by atoms with Crippen molar-refractivity contribution < 1.29 is 0 Å². The molecule has 0 spiro atoms. The summed E-state index contributed by atoms with van der Waals surface area (Å²) in [4.78, 5) is 7.04. The van der Waals surface area contributed by atoms with E-state index >= 15 is 0 Å². The Balaban J connectivity index is 1.88. The lowest BCUT2D eigenvalue weighted by Gasteiger charge is -2.30. The standard InChI is InChI=1S/C16H24N4/c1-12-6-7-14-15(10-12)20(16(17)18-14)13(2)11-19-8-4-3-5-9-19/h6-7,10,13H,3-5,8-9,11H2,1-2H3,(H2,17,18). The van der Waals surface area contributed by atoms with Crippen LogP contribution in [-0.4, -0.2) is 34.1 Å². The molecule has 108 valence electrons. The van der Waals surface area contributed by atoms with E-state index in [-0.39, 0.29) is 0 Å². The van der Waals surface area contributed by atoms with Gasteiger partial charge in [-0.1, -0.05) is 12.5 Å². The molecule has 1 aromatic heterocycles. The van der Waals surface area contributed by atoms with Crippen molar-refractivity contribution in [2.75, 3.05) is 25.4 Å². The molecule has 20 heavy (non-hydrogen) atoms. The fourth-order valence-corrected chi connectivity index (χ4v) is 3.28. The van der Waals surface area contributed by atoms with Crippen LogP contribution < -0.4 is 5.73 Å². The molecule has 2 N–H and O–H groups in total. The van der Waals surface area contributed by atoms with E-state index in [1.54, 1.807) is 0 Å². The van der Waals surface area contributed by atoms with Crippen molar-refractivity contribution in [3.8, 4) is 0 Å². The molecule has 0 saturated carbocycles. The van der Waals surface area contributed by atoms with Gasteiger partial charge in [0.05, 0.1) is 11.0 Å². The fraction of sp³-hybridized carbons (Fsp3) is 0.562. The number of likely N-dealkylation sites (tertiary alicyclic amines) is 1. The Kier molecular flexibility index (Phi) is 3.66. The summed E-state index contributed by atoms with van der Waals surface area (Å²) in [6.07, 6.45) is 4.03. The first-order valence-electron chi connectivity index (χ1n) is 7.61. The van der Waals surface area contributed by atoms with Gasteiger partial charge < -0.3 is 15.2 Å². The third-order valence-corrected chi connectivity index (χ3v) is 4.28. The van der Waals surface area contributed by atoms with Crippen molar-refractivity contribution in [1.29, 1.82) is 0 Å². The molecule has 1 aliphatic rings. The summed E-state index contributed by atoms with van der Waals surface area (Å²) >= 11 is 0. The van der Waals surface area contributed by atoms with Crippen molar-refractivity contribution in [2.45, 2.75) is 39.2 Å². The minimum atomic E-state index is 0.361. The van der Waals surface area contributed by atoms with Gasteiger partial charge in [0.2, 0.25) is 5.95 Å². The molecule has 1 atom stereocenters. The number of rotatable bonds is 3. The Hall–Kier alpha value is -1.55. The molecule has 0 radical (unpaired) electrons. The van der Waals surface area contributed by atoms with Crippen LogP contribution in [0.25, 0.3) is 11.0 Å². The molecule has 0 aliphatic carbocycles. The van der Waals surface area contributed by atoms with E-state index in [2.05, 4.69) is 46.5 Å². The van der Waals surface area contributed by atoms with Gasteiger partial charge >= 0.3 is 0 Å². The number of piperidine rings is 1. The van der Waals surface area contributed by atoms with Crippen LogP contribution in [0.15, 0.2) is 18.2 Å². The van der Waals surface area contributed by atoms with E-state index in [1.807, 2.05) is 0 Å². The number of nitrogens with two attached hydrogens (primary N) is 1. The number of anilines is 1. The molecule has 1 unspecified atom stereocenters. The Bertz CT molecular complexity index is 596. The van der Waals surface area contributed by atoms with Gasteiger partial charge in [0.15, 0.2) is 0 Å². The molecule has 1 aliphatic heterocycles. The Morgan fingerprint density at radius 3 is 2.75 bits per heavy atom. The van der Waals surface area contributed by atoms with Crippen LogP contribution in [0.3, 0.4) is 0 Å². The third-order valence-electron chi connectivity index (χ3n) is 4.28. The Labute approximate surface area is 120 Å². The van der Waals surface area contributed by atoms with E-state index in [0.29, 0.717) is 12.0 Å². The van der Waals surface area contributed by atoms with Gasteiger partial charge in [-0.15, -0.1) is 0 Å². The van der Waals surface area contributed by atoms with Gasteiger partial charge in [-0.3, -0.25) is 0 Å². The zero-order valence-corrected chi connectivity index (χ0v) is 12.5. The highest BCUT2D eigenvalue weighted by Gasteiger charge is 2.18. The minimum Gasteiger partial charge on any atom is -0.369 e. The van der Waals surface area contributed by atoms with Crippen molar-refractivity contribution in [2.24, 2.45) is 0 Å². The van der Waals surface area contributed by atoms with Crippen LogP contribution in [0.5, 0.6) is 0 Å². The second kappa shape index (κ2) is 5.44. The summed E-state index contributed by atoms with van der Waals surface area (Å²) in [6.45, 7) is 7.85. The highest BCUT2D eigenvalue weighted by molar-refractivity contribution is 5.79.